The molecule has 2 atom stereocenters. The van der Waals surface area contributed by atoms with Crippen LogP contribution >= 0.6 is 22.9 Å². The summed E-state index contributed by atoms with van der Waals surface area (Å²) in [5, 5.41) is 9.82. The maximum Gasteiger partial charge on any atom is 0.345 e. The highest BCUT2D eigenvalue weighted by molar-refractivity contribution is 7.16. The van der Waals surface area contributed by atoms with Crippen LogP contribution < -0.4 is 9.80 Å². The van der Waals surface area contributed by atoms with Gasteiger partial charge >= 0.3 is 5.97 Å². The molecule has 0 bridgehead atoms. The number of aromatic carboxylic acids is 1. The summed E-state index contributed by atoms with van der Waals surface area (Å²) in [6.45, 7) is 4.35. The molecular formula is C25H23ClN2O4S. The first kappa shape index (κ1) is 23.0. The summed E-state index contributed by atoms with van der Waals surface area (Å²) in [6, 6.07) is 17.3. The van der Waals surface area contributed by atoms with Gasteiger partial charge in [0.25, 0.3) is 5.91 Å². The summed E-state index contributed by atoms with van der Waals surface area (Å²) in [4.78, 5) is 42.2. The summed E-state index contributed by atoms with van der Waals surface area (Å²) in [6.07, 6.45) is 0.461. The van der Waals surface area contributed by atoms with Crippen molar-refractivity contribution in [2.24, 2.45) is 0 Å². The van der Waals surface area contributed by atoms with Gasteiger partial charge in [0.15, 0.2) is 0 Å². The van der Waals surface area contributed by atoms with Gasteiger partial charge in [-0.3, -0.25) is 9.59 Å². The van der Waals surface area contributed by atoms with Crippen LogP contribution in [0.25, 0.3) is 0 Å². The molecule has 0 saturated carbocycles. The van der Waals surface area contributed by atoms with Crippen molar-refractivity contribution in [3.63, 3.8) is 0 Å². The number of carboxylic acid groups (broad SMARTS) is 1. The number of hydrogen-bond acceptors (Lipinski definition) is 4. The van der Waals surface area contributed by atoms with E-state index < -0.39 is 11.9 Å². The third-order valence-electron chi connectivity index (χ3n) is 5.85. The van der Waals surface area contributed by atoms with Crippen molar-refractivity contribution in [3.8, 4) is 0 Å². The topological polar surface area (TPSA) is 77.9 Å². The average Bonchev–Trinajstić information content (AvgIpc) is 3.31. The minimum Gasteiger partial charge on any atom is -0.477 e. The van der Waals surface area contributed by atoms with Gasteiger partial charge in [-0.05, 0) is 68.3 Å². The van der Waals surface area contributed by atoms with Crippen LogP contribution in [0.5, 0.6) is 0 Å². The van der Waals surface area contributed by atoms with Crippen molar-refractivity contribution < 1.29 is 19.5 Å². The van der Waals surface area contributed by atoms with Crippen LogP contribution in [-0.4, -0.2) is 35.5 Å². The molecule has 0 aliphatic carbocycles. The number of anilines is 2. The molecule has 2 amide bonds. The second-order valence-corrected chi connectivity index (χ2v) is 9.42. The molecule has 6 nitrogen and oxygen atoms in total. The molecule has 8 heteroatoms. The highest BCUT2D eigenvalue weighted by Crippen LogP contribution is 2.41. The fourth-order valence-electron chi connectivity index (χ4n) is 4.32. The summed E-state index contributed by atoms with van der Waals surface area (Å²) in [5.74, 6) is -1.76. The van der Waals surface area contributed by atoms with Crippen LogP contribution in [0, 0.1) is 0 Å². The van der Waals surface area contributed by atoms with Gasteiger partial charge in [0.1, 0.15) is 4.88 Å². The normalized spacial score (nSPS) is 17.4. The first-order chi connectivity index (χ1) is 15.8. The zero-order valence-electron chi connectivity index (χ0n) is 18.2. The van der Waals surface area contributed by atoms with Crippen LogP contribution in [-0.2, 0) is 4.79 Å². The Bertz CT molecular complexity index is 1210. The second kappa shape index (κ2) is 9.37. The third-order valence-corrected chi connectivity index (χ3v) is 7.17. The Kier molecular flexibility index (Phi) is 6.54. The Balaban J connectivity index is 1.69. The van der Waals surface area contributed by atoms with E-state index in [-0.39, 0.29) is 22.7 Å². The molecule has 1 N–H and O–H groups in total. The third kappa shape index (κ3) is 4.38. The van der Waals surface area contributed by atoms with Crippen LogP contribution in [0.2, 0.25) is 5.02 Å². The number of carboxylic acids is 1. The Morgan fingerprint density at radius 2 is 1.73 bits per heavy atom. The Morgan fingerprint density at radius 1 is 1.06 bits per heavy atom. The van der Waals surface area contributed by atoms with Gasteiger partial charge in [-0.25, -0.2) is 4.79 Å². The van der Waals surface area contributed by atoms with E-state index in [4.69, 9.17) is 11.6 Å². The molecule has 1 aliphatic heterocycles. The molecule has 33 heavy (non-hydrogen) atoms. The number of fused-ring (bicyclic) bond motifs is 1. The van der Waals surface area contributed by atoms with Gasteiger partial charge < -0.3 is 14.9 Å². The molecule has 4 rings (SSSR count). The van der Waals surface area contributed by atoms with E-state index in [0.717, 1.165) is 22.6 Å². The van der Waals surface area contributed by atoms with Crippen molar-refractivity contribution in [1.29, 1.82) is 0 Å². The number of carbonyl (C=O) groups is 3. The minimum absolute atomic E-state index is 0.0319. The van der Waals surface area contributed by atoms with Gasteiger partial charge in [-0.1, -0.05) is 29.8 Å². The van der Waals surface area contributed by atoms with Crippen LogP contribution in [0.1, 0.15) is 51.1 Å². The fraction of sp³-hybridized carbons (Fsp3) is 0.240. The predicted molar refractivity (Wildman–Crippen MR) is 131 cm³/mol. The Labute approximate surface area is 201 Å². The number of likely N-dealkylation sites (N-methyl/N-ethyl adjacent to an activating group) is 1. The van der Waals surface area contributed by atoms with E-state index in [9.17, 15) is 19.5 Å². The molecule has 0 radical (unpaired) electrons. The molecular weight excluding hydrogens is 460 g/mol. The van der Waals surface area contributed by atoms with E-state index >= 15 is 0 Å². The molecule has 2 aromatic carbocycles. The first-order valence-electron chi connectivity index (χ1n) is 10.6. The maximum atomic E-state index is 13.7. The number of para-hydroxylation sites is 1. The van der Waals surface area contributed by atoms with Crippen molar-refractivity contribution in [2.45, 2.75) is 32.2 Å². The number of thiophene rings is 1. The van der Waals surface area contributed by atoms with Crippen LogP contribution in [0.4, 0.5) is 11.4 Å². The molecule has 1 aliphatic rings. The minimum atomic E-state index is -1.06. The van der Waals surface area contributed by atoms with Crippen molar-refractivity contribution in [1.82, 2.24) is 0 Å². The quantitative estimate of drug-likeness (QED) is 0.507. The lowest BCUT2D eigenvalue weighted by molar-refractivity contribution is -0.120. The van der Waals surface area contributed by atoms with Crippen molar-refractivity contribution in [2.75, 3.05) is 16.3 Å². The molecule has 0 fully saturated rings. The van der Waals surface area contributed by atoms with Crippen molar-refractivity contribution >= 4 is 52.1 Å². The first-order valence-corrected chi connectivity index (χ1v) is 11.8. The highest BCUT2D eigenvalue weighted by Gasteiger charge is 2.39. The number of halogens is 1. The predicted octanol–water partition coefficient (Wildman–Crippen LogP) is 5.68. The largest absolute Gasteiger partial charge is 0.477 e. The number of benzene rings is 2. The molecule has 170 valence electrons. The van der Waals surface area contributed by atoms with E-state index in [1.54, 1.807) is 28.0 Å². The lowest BCUT2D eigenvalue weighted by Crippen LogP contribution is -2.46. The van der Waals surface area contributed by atoms with Crippen LogP contribution in [0.15, 0.2) is 60.7 Å². The van der Waals surface area contributed by atoms with E-state index in [2.05, 4.69) is 0 Å². The number of amides is 2. The number of nitrogens with zero attached hydrogens (tertiary/aromatic N) is 2. The Morgan fingerprint density at radius 3 is 2.36 bits per heavy atom. The SMILES string of the molecule is CCN(C(=O)[C@H]1C[C@H](C)N(C(=O)c2ccc(C(=O)O)s2)c2ccccc21)c1ccc(Cl)cc1. The van der Waals surface area contributed by atoms with E-state index in [0.29, 0.717) is 28.6 Å². The average molecular weight is 483 g/mol. The zero-order valence-corrected chi connectivity index (χ0v) is 19.8. The summed E-state index contributed by atoms with van der Waals surface area (Å²) >= 11 is 6.97. The van der Waals surface area contributed by atoms with Gasteiger partial charge in [0, 0.05) is 29.0 Å². The standard InChI is InChI=1S/C25H23ClN2O4S/c1-3-27(17-10-8-16(26)9-11-17)23(29)19-14-15(2)28(20-7-5-4-6-18(19)20)24(30)21-12-13-22(33-21)25(31)32/h4-13,15,19H,3,14H2,1-2H3,(H,31,32)/t15-,19-/m0/s1. The lowest BCUT2D eigenvalue weighted by Gasteiger charge is -2.40. The van der Waals surface area contributed by atoms with Crippen LogP contribution in [0.3, 0.4) is 0 Å². The summed E-state index contributed by atoms with van der Waals surface area (Å²) < 4.78 is 0. The lowest BCUT2D eigenvalue weighted by atomic mass is 9.84. The molecule has 1 aromatic heterocycles. The second-order valence-electron chi connectivity index (χ2n) is 7.90. The van der Waals surface area contributed by atoms with Gasteiger partial charge in [-0.15, -0.1) is 11.3 Å². The number of rotatable bonds is 5. The highest BCUT2D eigenvalue weighted by atomic mass is 35.5. The van der Waals surface area contributed by atoms with Gasteiger partial charge in [0.05, 0.1) is 10.8 Å². The summed E-state index contributed by atoms with van der Waals surface area (Å²) in [5.41, 5.74) is 2.24. The zero-order chi connectivity index (χ0) is 23.7. The fourth-order valence-corrected chi connectivity index (χ4v) is 5.23. The molecule has 2 heterocycles. The van der Waals surface area contributed by atoms with Gasteiger partial charge in [-0.2, -0.15) is 0 Å². The molecule has 0 unspecified atom stereocenters. The molecule has 0 spiro atoms. The van der Waals surface area contributed by atoms with Gasteiger partial charge in [0.2, 0.25) is 5.91 Å². The summed E-state index contributed by atoms with van der Waals surface area (Å²) in [7, 11) is 0. The molecule has 3 aromatic rings. The number of hydrogen-bond donors (Lipinski definition) is 1. The van der Waals surface area contributed by atoms with E-state index in [1.165, 1.54) is 6.07 Å². The smallest absolute Gasteiger partial charge is 0.345 e. The molecule has 0 saturated heterocycles. The monoisotopic (exact) mass is 482 g/mol. The maximum absolute atomic E-state index is 13.7. The number of carbonyl (C=O) groups excluding carboxylic acids is 2. The van der Waals surface area contributed by atoms with Crippen molar-refractivity contribution in [3.05, 3.63) is 81.0 Å². The van der Waals surface area contributed by atoms with E-state index in [1.807, 2.05) is 50.2 Å². The Hall–Kier alpha value is -3.16.